The van der Waals surface area contributed by atoms with Crippen LogP contribution in [0.2, 0.25) is 0 Å². The maximum absolute atomic E-state index is 5.50. The average Bonchev–Trinajstić information content (AvgIpc) is 2.39. The van der Waals surface area contributed by atoms with E-state index in [1.165, 1.54) is 0 Å². The van der Waals surface area contributed by atoms with Crippen LogP contribution in [0.4, 0.5) is 0 Å². The molecule has 0 atom stereocenters. The van der Waals surface area contributed by atoms with E-state index in [0.717, 1.165) is 39.1 Å². The van der Waals surface area contributed by atoms with Crippen molar-refractivity contribution in [3.8, 4) is 0 Å². The van der Waals surface area contributed by atoms with Gasteiger partial charge in [-0.25, -0.2) is 0 Å². The number of ether oxygens (including phenoxy) is 2. The van der Waals surface area contributed by atoms with Crippen LogP contribution in [0, 0.1) is 0 Å². The minimum Gasteiger partial charge on any atom is -0.662 e. The number of hydrogen-bond donors (Lipinski definition) is 0. The summed E-state index contributed by atoms with van der Waals surface area (Å²) in [6.07, 6.45) is 1.90. The van der Waals surface area contributed by atoms with Crippen LogP contribution in [0.1, 0.15) is 12.8 Å². The van der Waals surface area contributed by atoms with Gasteiger partial charge in [-0.15, -0.1) is 13.1 Å². The summed E-state index contributed by atoms with van der Waals surface area (Å²) in [6, 6.07) is 0. The van der Waals surface area contributed by atoms with E-state index in [4.69, 9.17) is 9.47 Å². The zero-order chi connectivity index (χ0) is 6.86. The first-order valence-corrected chi connectivity index (χ1v) is 3.83. The molecule has 0 aromatic heterocycles. The van der Waals surface area contributed by atoms with Crippen molar-refractivity contribution in [2.24, 2.45) is 0 Å². The van der Waals surface area contributed by atoms with Crippen molar-refractivity contribution in [2.75, 3.05) is 26.3 Å². The summed E-state index contributed by atoms with van der Waals surface area (Å²) in [7, 11) is 0. The molecule has 0 radical (unpaired) electrons. The largest absolute Gasteiger partial charge is 1.00 e. The maximum atomic E-state index is 5.50. The van der Waals surface area contributed by atoms with Gasteiger partial charge in [0.25, 0.3) is 0 Å². The Morgan fingerprint density at radius 3 is 2.09 bits per heavy atom. The third-order valence-corrected chi connectivity index (χ3v) is 2.12. The third kappa shape index (κ3) is 2.48. The number of hydrogen-bond acceptors (Lipinski definition) is 2. The third-order valence-electron chi connectivity index (χ3n) is 2.12. The van der Waals surface area contributed by atoms with Crippen LogP contribution in [-0.4, -0.2) is 32.1 Å². The first kappa shape index (κ1) is 10.6. The van der Waals surface area contributed by atoms with Gasteiger partial charge in [-0.2, -0.15) is 0 Å². The molecule has 11 heavy (non-hydrogen) atoms. The van der Waals surface area contributed by atoms with Gasteiger partial charge in [-0.3, -0.25) is 0 Å². The van der Waals surface area contributed by atoms with E-state index in [-0.39, 0.29) is 57.2 Å². The van der Waals surface area contributed by atoms with E-state index in [2.05, 4.69) is 5.32 Å². The number of nitrogens with zero attached hydrogens (tertiary/aromatic N) is 1. The molecule has 1 spiro atoms. The molecule has 0 amide bonds. The van der Waals surface area contributed by atoms with E-state index in [1.807, 2.05) is 0 Å². The molecule has 2 rings (SSSR count). The van der Waals surface area contributed by atoms with Crippen LogP contribution in [0.25, 0.3) is 5.32 Å². The first-order chi connectivity index (χ1) is 4.91. The minimum absolute atomic E-state index is 0. The van der Waals surface area contributed by atoms with Crippen molar-refractivity contribution in [3.05, 3.63) is 5.32 Å². The molecule has 2 aliphatic heterocycles. The van der Waals surface area contributed by atoms with Gasteiger partial charge in [0, 0.05) is 0 Å². The Labute approximate surface area is 110 Å². The molecule has 2 aliphatic rings. The fourth-order valence-electron chi connectivity index (χ4n) is 1.52. The molecule has 2 saturated heterocycles. The Balaban J connectivity index is 0.000000605. The molecule has 2 heterocycles. The second-order valence-electron chi connectivity index (χ2n) is 2.78. The predicted octanol–water partition coefficient (Wildman–Crippen LogP) is -2.10. The van der Waals surface area contributed by atoms with Crippen LogP contribution in [0.15, 0.2) is 0 Å². The van der Waals surface area contributed by atoms with Crippen molar-refractivity contribution in [1.82, 2.24) is 0 Å². The molecule has 0 saturated carbocycles. The molecule has 0 unspecified atom stereocenters. The summed E-state index contributed by atoms with van der Waals surface area (Å²) in [5.41, 5.74) is 0. The smallest absolute Gasteiger partial charge is 0.662 e. The molecular weight excluding hydrogens is 169 g/mol. The Morgan fingerprint density at radius 1 is 1.00 bits per heavy atom. The average molecular weight is 181 g/mol. The fraction of sp³-hybridized carbons (Fsp3) is 1.00. The molecule has 0 aromatic rings. The summed E-state index contributed by atoms with van der Waals surface area (Å²) in [6.45, 7) is 3.33. The van der Waals surface area contributed by atoms with Gasteiger partial charge in [0.1, 0.15) is 0 Å². The van der Waals surface area contributed by atoms with Crippen molar-refractivity contribution in [2.45, 2.75) is 18.6 Å². The van der Waals surface area contributed by atoms with E-state index in [9.17, 15) is 0 Å². The molecule has 4 heteroatoms. The number of rotatable bonds is 0. The Bertz CT molecular complexity index is 118. The van der Waals surface area contributed by atoms with Crippen molar-refractivity contribution in [1.29, 1.82) is 0 Å². The van der Waals surface area contributed by atoms with Gasteiger partial charge in [0.2, 0.25) is 0 Å². The van der Waals surface area contributed by atoms with E-state index in [0.29, 0.717) is 0 Å². The first-order valence-electron chi connectivity index (χ1n) is 3.83. The Hall–Kier alpha value is 1.52. The molecular formula is C7H12KNO2. The van der Waals surface area contributed by atoms with Gasteiger partial charge in [0.15, 0.2) is 5.79 Å². The van der Waals surface area contributed by atoms with Gasteiger partial charge in [-0.1, -0.05) is 0 Å². The molecule has 58 valence electrons. The van der Waals surface area contributed by atoms with Crippen LogP contribution in [-0.2, 0) is 9.47 Å². The monoisotopic (exact) mass is 181 g/mol. The zero-order valence-corrected chi connectivity index (χ0v) is 10.1. The maximum Gasteiger partial charge on any atom is 1.00 e. The molecule has 3 nitrogen and oxygen atoms in total. The van der Waals surface area contributed by atoms with Gasteiger partial charge in [-0.05, 0) is 12.8 Å². The summed E-state index contributed by atoms with van der Waals surface area (Å²) < 4.78 is 11.0. The van der Waals surface area contributed by atoms with Gasteiger partial charge in [0.05, 0.1) is 13.2 Å². The van der Waals surface area contributed by atoms with Crippen molar-refractivity contribution in [3.63, 3.8) is 0 Å². The van der Waals surface area contributed by atoms with E-state index in [1.54, 1.807) is 0 Å². The normalized spacial score (nSPS) is 28.4. The topological polar surface area (TPSA) is 32.6 Å². The second kappa shape index (κ2) is 4.67. The van der Waals surface area contributed by atoms with Crippen molar-refractivity contribution >= 4 is 0 Å². The molecule has 0 aromatic carbocycles. The van der Waals surface area contributed by atoms with Crippen LogP contribution in [0.5, 0.6) is 0 Å². The molecule has 2 fully saturated rings. The second-order valence-corrected chi connectivity index (χ2v) is 2.78. The minimum atomic E-state index is -0.220. The predicted molar refractivity (Wildman–Crippen MR) is 37.0 cm³/mol. The van der Waals surface area contributed by atoms with Crippen molar-refractivity contribution < 1.29 is 60.9 Å². The van der Waals surface area contributed by atoms with Crippen LogP contribution < -0.4 is 51.4 Å². The van der Waals surface area contributed by atoms with Gasteiger partial charge < -0.3 is 14.8 Å². The van der Waals surface area contributed by atoms with Crippen LogP contribution >= 0.6 is 0 Å². The summed E-state index contributed by atoms with van der Waals surface area (Å²) >= 11 is 0. The zero-order valence-electron chi connectivity index (χ0n) is 7.01. The SMILES string of the molecule is C1CC2(CC[N-]1)OCCO2.[K+]. The molecule has 0 bridgehead atoms. The summed E-state index contributed by atoms with van der Waals surface area (Å²) in [5.74, 6) is -0.220. The summed E-state index contributed by atoms with van der Waals surface area (Å²) in [4.78, 5) is 0. The standard InChI is InChI=1S/C7H12NO2.K/c1-3-8-4-2-7(1)9-5-6-10-7;/h1-6H2;/q-1;+1. The number of piperidine rings is 1. The Kier molecular flexibility index (Phi) is 4.50. The summed E-state index contributed by atoms with van der Waals surface area (Å²) in [5, 5.41) is 4.24. The Morgan fingerprint density at radius 2 is 1.55 bits per heavy atom. The molecule has 0 N–H and O–H groups in total. The van der Waals surface area contributed by atoms with E-state index >= 15 is 0 Å². The van der Waals surface area contributed by atoms with Crippen LogP contribution in [0.3, 0.4) is 0 Å². The van der Waals surface area contributed by atoms with E-state index < -0.39 is 0 Å². The quantitative estimate of drug-likeness (QED) is 0.401. The van der Waals surface area contributed by atoms with Gasteiger partial charge >= 0.3 is 51.4 Å². The fourth-order valence-corrected chi connectivity index (χ4v) is 1.52. The molecule has 0 aliphatic carbocycles.